The van der Waals surface area contributed by atoms with Gasteiger partial charge in [-0.3, -0.25) is 9.59 Å². The van der Waals surface area contributed by atoms with E-state index in [4.69, 9.17) is 4.74 Å². The lowest BCUT2D eigenvalue weighted by Gasteiger charge is -2.25. The fourth-order valence-corrected chi connectivity index (χ4v) is 2.05. The van der Waals surface area contributed by atoms with Crippen LogP contribution in [0.1, 0.15) is 24.0 Å². The van der Waals surface area contributed by atoms with Gasteiger partial charge >= 0.3 is 0 Å². The molecule has 19 heavy (non-hydrogen) atoms. The Morgan fingerprint density at radius 3 is 2.53 bits per heavy atom. The predicted molar refractivity (Wildman–Crippen MR) is 72.2 cm³/mol. The summed E-state index contributed by atoms with van der Waals surface area (Å²) in [5, 5.41) is 0. The van der Waals surface area contributed by atoms with Gasteiger partial charge in [-0.05, 0) is 37.1 Å². The first-order chi connectivity index (χ1) is 9.06. The van der Waals surface area contributed by atoms with Gasteiger partial charge in [-0.15, -0.1) is 0 Å². The molecule has 1 heterocycles. The summed E-state index contributed by atoms with van der Waals surface area (Å²) >= 11 is 0. The molecular formula is C15H19NO3. The van der Waals surface area contributed by atoms with Gasteiger partial charge in [0.1, 0.15) is 11.5 Å². The molecular weight excluding hydrogens is 242 g/mol. The van der Waals surface area contributed by atoms with Crippen LogP contribution in [-0.4, -0.2) is 36.3 Å². The molecule has 0 radical (unpaired) electrons. The van der Waals surface area contributed by atoms with Crippen molar-refractivity contribution < 1.29 is 14.3 Å². The van der Waals surface area contributed by atoms with Gasteiger partial charge in [-0.1, -0.05) is 6.07 Å². The molecule has 1 aliphatic heterocycles. The van der Waals surface area contributed by atoms with Gasteiger partial charge in [-0.25, -0.2) is 0 Å². The number of nitrogens with zero attached hydrogens (tertiary/aromatic N) is 1. The van der Waals surface area contributed by atoms with E-state index in [1.807, 2.05) is 32.0 Å². The van der Waals surface area contributed by atoms with Crippen LogP contribution in [0.25, 0.3) is 0 Å². The highest BCUT2D eigenvalue weighted by atomic mass is 16.5. The molecule has 0 atom stereocenters. The van der Waals surface area contributed by atoms with Gasteiger partial charge < -0.3 is 9.64 Å². The fourth-order valence-electron chi connectivity index (χ4n) is 2.05. The lowest BCUT2D eigenvalue weighted by Crippen LogP contribution is -2.41. The van der Waals surface area contributed by atoms with Gasteiger partial charge in [0.05, 0.1) is 0 Å². The number of benzene rings is 1. The molecule has 1 saturated heterocycles. The minimum Gasteiger partial charge on any atom is -0.484 e. The molecule has 0 bridgehead atoms. The summed E-state index contributed by atoms with van der Waals surface area (Å²) in [7, 11) is 0. The number of likely N-dealkylation sites (tertiary alicyclic amines) is 1. The van der Waals surface area contributed by atoms with E-state index in [1.165, 1.54) is 5.56 Å². The summed E-state index contributed by atoms with van der Waals surface area (Å²) in [6.07, 6.45) is 0.935. The lowest BCUT2D eigenvalue weighted by molar-refractivity contribution is -0.136. The van der Waals surface area contributed by atoms with Gasteiger partial charge in [0.2, 0.25) is 0 Å². The van der Waals surface area contributed by atoms with Crippen molar-refractivity contribution in [2.24, 2.45) is 0 Å². The van der Waals surface area contributed by atoms with Crippen molar-refractivity contribution in [3.05, 3.63) is 29.3 Å². The topological polar surface area (TPSA) is 46.6 Å². The Hall–Kier alpha value is -1.84. The maximum Gasteiger partial charge on any atom is 0.260 e. The van der Waals surface area contributed by atoms with Crippen LogP contribution < -0.4 is 4.74 Å². The fraction of sp³-hybridized carbons (Fsp3) is 0.467. The Bertz CT molecular complexity index is 486. The Morgan fingerprint density at radius 1 is 1.21 bits per heavy atom. The van der Waals surface area contributed by atoms with Crippen molar-refractivity contribution in [2.75, 3.05) is 19.7 Å². The van der Waals surface area contributed by atoms with Crippen LogP contribution in [0.2, 0.25) is 0 Å². The number of hydrogen-bond donors (Lipinski definition) is 0. The minimum atomic E-state index is -0.0503. The molecule has 0 N–H and O–H groups in total. The molecule has 0 spiro atoms. The van der Waals surface area contributed by atoms with E-state index >= 15 is 0 Å². The molecule has 0 aromatic heterocycles. The van der Waals surface area contributed by atoms with Crippen LogP contribution in [0, 0.1) is 13.8 Å². The average Bonchev–Trinajstić information content (AvgIpc) is 2.40. The highest BCUT2D eigenvalue weighted by Crippen LogP contribution is 2.16. The summed E-state index contributed by atoms with van der Waals surface area (Å²) < 4.78 is 5.51. The molecule has 1 fully saturated rings. The van der Waals surface area contributed by atoms with Crippen LogP contribution >= 0.6 is 0 Å². The first kappa shape index (κ1) is 13.6. The first-order valence-electron chi connectivity index (χ1n) is 6.56. The molecule has 102 valence electrons. The second-order valence-electron chi connectivity index (χ2n) is 4.95. The number of ketones is 1. The smallest absolute Gasteiger partial charge is 0.260 e. The van der Waals surface area contributed by atoms with Crippen molar-refractivity contribution in [2.45, 2.75) is 26.7 Å². The van der Waals surface area contributed by atoms with Crippen molar-refractivity contribution in [3.63, 3.8) is 0 Å². The van der Waals surface area contributed by atoms with Gasteiger partial charge in [-0.2, -0.15) is 0 Å². The third-order valence-electron chi connectivity index (χ3n) is 3.51. The summed E-state index contributed by atoms with van der Waals surface area (Å²) in [4.78, 5) is 24.7. The van der Waals surface area contributed by atoms with E-state index in [0.29, 0.717) is 31.7 Å². The van der Waals surface area contributed by atoms with E-state index in [9.17, 15) is 9.59 Å². The number of aryl methyl sites for hydroxylation is 2. The van der Waals surface area contributed by atoms with Gasteiger partial charge in [0.15, 0.2) is 6.61 Å². The van der Waals surface area contributed by atoms with E-state index in [-0.39, 0.29) is 18.3 Å². The molecule has 0 unspecified atom stereocenters. The molecule has 4 heteroatoms. The minimum absolute atomic E-state index is 0.0384. The largest absolute Gasteiger partial charge is 0.484 e. The second-order valence-corrected chi connectivity index (χ2v) is 4.95. The maximum absolute atomic E-state index is 11.9. The summed E-state index contributed by atoms with van der Waals surface area (Å²) in [6.45, 7) is 5.13. The average molecular weight is 261 g/mol. The molecule has 2 rings (SSSR count). The molecule has 4 nitrogen and oxygen atoms in total. The Balaban J connectivity index is 1.86. The third-order valence-corrected chi connectivity index (χ3v) is 3.51. The zero-order valence-electron chi connectivity index (χ0n) is 11.4. The summed E-state index contributed by atoms with van der Waals surface area (Å²) in [6, 6.07) is 5.78. The van der Waals surface area contributed by atoms with Crippen molar-refractivity contribution in [1.82, 2.24) is 4.90 Å². The number of ether oxygens (including phenoxy) is 1. The van der Waals surface area contributed by atoms with Gasteiger partial charge in [0, 0.05) is 25.9 Å². The maximum atomic E-state index is 11.9. The molecule has 1 amide bonds. The number of hydrogen-bond acceptors (Lipinski definition) is 3. The number of carbonyl (C=O) groups excluding carboxylic acids is 2. The van der Waals surface area contributed by atoms with Crippen molar-refractivity contribution in [1.29, 1.82) is 0 Å². The van der Waals surface area contributed by atoms with E-state index < -0.39 is 0 Å². The Kier molecular flexibility index (Phi) is 4.20. The van der Waals surface area contributed by atoms with Crippen LogP contribution in [0.3, 0.4) is 0 Å². The number of piperidine rings is 1. The molecule has 0 saturated carbocycles. The number of amides is 1. The van der Waals surface area contributed by atoms with Crippen LogP contribution in [0.4, 0.5) is 0 Å². The SMILES string of the molecule is Cc1ccc(OCC(=O)N2CCC(=O)CC2)cc1C. The highest BCUT2D eigenvalue weighted by Gasteiger charge is 2.20. The highest BCUT2D eigenvalue weighted by molar-refractivity contribution is 5.83. The van der Waals surface area contributed by atoms with E-state index in [2.05, 4.69) is 0 Å². The molecule has 1 aliphatic rings. The van der Waals surface area contributed by atoms with Crippen molar-refractivity contribution in [3.8, 4) is 5.75 Å². The quantitative estimate of drug-likeness (QED) is 0.834. The second kappa shape index (κ2) is 5.87. The summed E-state index contributed by atoms with van der Waals surface area (Å²) in [5.41, 5.74) is 2.35. The van der Waals surface area contributed by atoms with Crippen molar-refractivity contribution >= 4 is 11.7 Å². The number of Topliss-reactive ketones (excluding diaryl/α,β-unsaturated/α-hetero) is 1. The number of rotatable bonds is 3. The molecule has 1 aromatic carbocycles. The van der Waals surface area contributed by atoms with Gasteiger partial charge in [0.25, 0.3) is 5.91 Å². The summed E-state index contributed by atoms with van der Waals surface area (Å²) in [5.74, 6) is 0.898. The normalized spacial score (nSPS) is 15.5. The zero-order valence-corrected chi connectivity index (χ0v) is 11.4. The standard InChI is InChI=1S/C15H19NO3/c1-11-3-4-14(9-12(11)2)19-10-15(18)16-7-5-13(17)6-8-16/h3-4,9H,5-8,10H2,1-2H3. The van der Waals surface area contributed by atoms with Crippen LogP contribution in [0.15, 0.2) is 18.2 Å². The van der Waals surface area contributed by atoms with E-state index in [1.54, 1.807) is 4.90 Å². The Labute approximate surface area is 113 Å². The number of carbonyl (C=O) groups is 2. The lowest BCUT2D eigenvalue weighted by atomic mass is 10.1. The first-order valence-corrected chi connectivity index (χ1v) is 6.56. The van der Waals surface area contributed by atoms with Crippen LogP contribution in [-0.2, 0) is 9.59 Å². The monoisotopic (exact) mass is 261 g/mol. The van der Waals surface area contributed by atoms with E-state index in [0.717, 1.165) is 5.56 Å². The Morgan fingerprint density at radius 2 is 1.89 bits per heavy atom. The van der Waals surface area contributed by atoms with Crippen LogP contribution in [0.5, 0.6) is 5.75 Å². The molecule has 0 aliphatic carbocycles. The predicted octanol–water partition coefficient (Wildman–Crippen LogP) is 1.87. The zero-order chi connectivity index (χ0) is 13.8. The third kappa shape index (κ3) is 3.56. The molecule has 1 aromatic rings.